The average molecular weight is 203 g/mol. The summed E-state index contributed by atoms with van der Waals surface area (Å²) in [7, 11) is 1.37. The van der Waals surface area contributed by atoms with Gasteiger partial charge in [-0.05, 0) is 25.9 Å². The van der Waals surface area contributed by atoms with E-state index in [-0.39, 0.29) is 11.9 Å². The van der Waals surface area contributed by atoms with Crippen LogP contribution >= 0.6 is 0 Å². The number of hydrogen-bond donors (Lipinski definition) is 2. The highest BCUT2D eigenvalue weighted by molar-refractivity contribution is 5.71. The maximum absolute atomic E-state index is 10.9. The third kappa shape index (κ3) is 3.25. The van der Waals surface area contributed by atoms with Crippen LogP contribution in [0.3, 0.4) is 0 Å². The average Bonchev–Trinajstić information content (AvgIpc) is 2.18. The van der Waals surface area contributed by atoms with Gasteiger partial charge in [0.15, 0.2) is 6.29 Å². The van der Waals surface area contributed by atoms with Crippen LogP contribution in [0.5, 0.6) is 0 Å². The van der Waals surface area contributed by atoms with Crippen molar-refractivity contribution in [1.29, 1.82) is 0 Å². The van der Waals surface area contributed by atoms with E-state index in [0.717, 1.165) is 13.1 Å². The van der Waals surface area contributed by atoms with Crippen LogP contribution in [-0.4, -0.2) is 54.1 Å². The number of methoxy groups -OCH3 is 1. The summed E-state index contributed by atoms with van der Waals surface area (Å²) in [5.74, 6) is -0.295. The Kier molecular flexibility index (Phi) is 4.31. The maximum Gasteiger partial charge on any atom is 0.319 e. The van der Waals surface area contributed by atoms with E-state index >= 15 is 0 Å². The summed E-state index contributed by atoms with van der Waals surface area (Å²) in [5, 5.41) is 17.9. The summed E-state index contributed by atoms with van der Waals surface area (Å²) in [6.45, 7) is 1.74. The second-order valence-electron chi connectivity index (χ2n) is 3.60. The van der Waals surface area contributed by atoms with Crippen molar-refractivity contribution >= 4 is 5.97 Å². The SMILES string of the molecule is COC(=O)CN1CCC(C(O)O)CC1. The number of rotatable bonds is 3. The first-order chi connectivity index (χ1) is 6.63. The largest absolute Gasteiger partial charge is 0.468 e. The minimum atomic E-state index is -1.23. The molecule has 1 rings (SSSR count). The Bertz CT molecular complexity index is 187. The molecule has 0 aliphatic carbocycles. The molecule has 0 aromatic rings. The predicted octanol–water partition coefficient (Wildman–Crippen LogP) is -0.818. The molecule has 0 radical (unpaired) electrons. The monoisotopic (exact) mass is 203 g/mol. The summed E-state index contributed by atoms with van der Waals surface area (Å²) in [6.07, 6.45) is 0.207. The van der Waals surface area contributed by atoms with Crippen molar-refractivity contribution in [1.82, 2.24) is 4.90 Å². The van der Waals surface area contributed by atoms with Gasteiger partial charge in [-0.2, -0.15) is 0 Å². The molecule has 0 aromatic carbocycles. The van der Waals surface area contributed by atoms with Crippen LogP contribution in [0.1, 0.15) is 12.8 Å². The number of likely N-dealkylation sites (tertiary alicyclic amines) is 1. The number of hydrogen-bond acceptors (Lipinski definition) is 5. The molecule has 0 aromatic heterocycles. The van der Waals surface area contributed by atoms with Crippen LogP contribution < -0.4 is 0 Å². The van der Waals surface area contributed by atoms with E-state index in [0.29, 0.717) is 19.4 Å². The molecule has 0 atom stereocenters. The fourth-order valence-corrected chi connectivity index (χ4v) is 1.66. The number of carbonyl (C=O) groups excluding carboxylic acids is 1. The van der Waals surface area contributed by atoms with E-state index in [1.165, 1.54) is 7.11 Å². The number of esters is 1. The molecule has 1 fully saturated rings. The van der Waals surface area contributed by atoms with Gasteiger partial charge >= 0.3 is 5.97 Å². The Labute approximate surface area is 83.3 Å². The van der Waals surface area contributed by atoms with Crippen molar-refractivity contribution in [2.24, 2.45) is 5.92 Å². The van der Waals surface area contributed by atoms with E-state index in [4.69, 9.17) is 10.2 Å². The van der Waals surface area contributed by atoms with Gasteiger partial charge in [-0.3, -0.25) is 9.69 Å². The molecule has 14 heavy (non-hydrogen) atoms. The summed E-state index contributed by atoms with van der Waals surface area (Å²) >= 11 is 0. The Morgan fingerprint density at radius 1 is 1.50 bits per heavy atom. The zero-order chi connectivity index (χ0) is 10.6. The third-order valence-electron chi connectivity index (χ3n) is 2.63. The van der Waals surface area contributed by atoms with Crippen molar-refractivity contribution in [3.05, 3.63) is 0 Å². The first-order valence-electron chi connectivity index (χ1n) is 4.78. The van der Waals surface area contributed by atoms with Gasteiger partial charge in [0.05, 0.1) is 13.7 Å². The van der Waals surface area contributed by atoms with Gasteiger partial charge in [0.1, 0.15) is 0 Å². The second kappa shape index (κ2) is 5.29. The molecule has 0 spiro atoms. The number of piperidine rings is 1. The maximum atomic E-state index is 10.9. The van der Waals surface area contributed by atoms with Gasteiger partial charge < -0.3 is 14.9 Å². The second-order valence-corrected chi connectivity index (χ2v) is 3.60. The molecule has 0 amide bonds. The molecule has 1 aliphatic rings. The zero-order valence-electron chi connectivity index (χ0n) is 8.35. The van der Waals surface area contributed by atoms with Crippen LogP contribution in [0, 0.1) is 5.92 Å². The summed E-state index contributed by atoms with van der Waals surface area (Å²) < 4.78 is 4.55. The van der Waals surface area contributed by atoms with E-state index in [1.807, 2.05) is 4.90 Å². The van der Waals surface area contributed by atoms with E-state index < -0.39 is 6.29 Å². The lowest BCUT2D eigenvalue weighted by Crippen LogP contribution is -2.40. The van der Waals surface area contributed by atoms with Gasteiger partial charge in [-0.1, -0.05) is 0 Å². The first kappa shape index (κ1) is 11.4. The number of aliphatic hydroxyl groups is 2. The van der Waals surface area contributed by atoms with Crippen LogP contribution in [0.4, 0.5) is 0 Å². The van der Waals surface area contributed by atoms with Crippen molar-refractivity contribution in [3.8, 4) is 0 Å². The molecule has 2 N–H and O–H groups in total. The number of ether oxygens (including phenoxy) is 1. The molecular weight excluding hydrogens is 186 g/mol. The highest BCUT2D eigenvalue weighted by atomic mass is 16.5. The topological polar surface area (TPSA) is 70.0 Å². The Morgan fingerprint density at radius 3 is 2.50 bits per heavy atom. The fraction of sp³-hybridized carbons (Fsp3) is 0.889. The van der Waals surface area contributed by atoms with E-state index in [9.17, 15) is 4.79 Å². The van der Waals surface area contributed by atoms with Gasteiger partial charge in [0.2, 0.25) is 0 Å². The number of carbonyl (C=O) groups is 1. The third-order valence-corrected chi connectivity index (χ3v) is 2.63. The number of aliphatic hydroxyl groups excluding tert-OH is 1. The van der Waals surface area contributed by atoms with Crippen LogP contribution in [0.25, 0.3) is 0 Å². The number of nitrogens with zero attached hydrogens (tertiary/aromatic N) is 1. The lowest BCUT2D eigenvalue weighted by atomic mass is 9.96. The van der Waals surface area contributed by atoms with Crippen LogP contribution in [0.2, 0.25) is 0 Å². The Balaban J connectivity index is 2.25. The summed E-state index contributed by atoms with van der Waals surface area (Å²) in [6, 6.07) is 0. The first-order valence-corrected chi connectivity index (χ1v) is 4.78. The van der Waals surface area contributed by atoms with Gasteiger partial charge in [0, 0.05) is 5.92 Å². The highest BCUT2D eigenvalue weighted by Gasteiger charge is 2.24. The summed E-state index contributed by atoms with van der Waals surface area (Å²) in [4.78, 5) is 12.9. The molecule has 1 heterocycles. The fourth-order valence-electron chi connectivity index (χ4n) is 1.66. The van der Waals surface area contributed by atoms with Gasteiger partial charge in [0.25, 0.3) is 0 Å². The molecule has 0 unspecified atom stereocenters. The van der Waals surface area contributed by atoms with Gasteiger partial charge in [-0.25, -0.2) is 0 Å². The molecule has 1 aliphatic heterocycles. The zero-order valence-corrected chi connectivity index (χ0v) is 8.35. The molecule has 1 saturated heterocycles. The molecule has 5 nitrogen and oxygen atoms in total. The molecule has 0 bridgehead atoms. The van der Waals surface area contributed by atoms with Crippen LogP contribution in [0.15, 0.2) is 0 Å². The quantitative estimate of drug-likeness (QED) is 0.463. The smallest absolute Gasteiger partial charge is 0.319 e. The van der Waals surface area contributed by atoms with E-state index in [1.54, 1.807) is 0 Å². The Hall–Kier alpha value is -0.650. The minimum absolute atomic E-state index is 0.0519. The molecule has 82 valence electrons. The minimum Gasteiger partial charge on any atom is -0.468 e. The highest BCUT2D eigenvalue weighted by Crippen LogP contribution is 2.19. The van der Waals surface area contributed by atoms with Crippen molar-refractivity contribution in [3.63, 3.8) is 0 Å². The molecular formula is C9H17NO4. The van der Waals surface area contributed by atoms with Crippen LogP contribution in [-0.2, 0) is 9.53 Å². The standard InChI is InChI=1S/C9H17NO4/c1-14-8(11)6-10-4-2-7(3-5-10)9(12)13/h7,9,12-13H,2-6H2,1H3. The van der Waals surface area contributed by atoms with Gasteiger partial charge in [-0.15, -0.1) is 0 Å². The lowest BCUT2D eigenvalue weighted by Gasteiger charge is -2.31. The van der Waals surface area contributed by atoms with Crippen molar-refractivity contribution in [2.75, 3.05) is 26.7 Å². The summed E-state index contributed by atoms with van der Waals surface area (Å²) in [5.41, 5.74) is 0. The van der Waals surface area contributed by atoms with Crippen molar-refractivity contribution < 1.29 is 19.7 Å². The Morgan fingerprint density at radius 2 is 2.07 bits per heavy atom. The molecule has 0 saturated carbocycles. The van der Waals surface area contributed by atoms with Crippen molar-refractivity contribution in [2.45, 2.75) is 19.1 Å². The normalized spacial score (nSPS) is 20.0. The lowest BCUT2D eigenvalue weighted by molar-refractivity contribution is -0.143. The predicted molar refractivity (Wildman–Crippen MR) is 49.4 cm³/mol. The van der Waals surface area contributed by atoms with E-state index in [2.05, 4.69) is 4.74 Å². The molecule has 5 heteroatoms.